The van der Waals surface area contributed by atoms with Crippen molar-refractivity contribution in [3.05, 3.63) is 51.7 Å². The van der Waals surface area contributed by atoms with Gasteiger partial charge in [0.25, 0.3) is 0 Å². The summed E-state index contributed by atoms with van der Waals surface area (Å²) >= 11 is 2.77. The van der Waals surface area contributed by atoms with E-state index in [-0.39, 0.29) is 23.7 Å². The smallest absolute Gasteiger partial charge is 0.341 e. The third-order valence-electron chi connectivity index (χ3n) is 6.50. The molecule has 1 aromatic carbocycles. The second-order valence-electron chi connectivity index (χ2n) is 10.4. The van der Waals surface area contributed by atoms with E-state index in [4.69, 9.17) is 9.47 Å². The van der Waals surface area contributed by atoms with Gasteiger partial charge in [0.1, 0.15) is 17.4 Å². The van der Waals surface area contributed by atoms with Gasteiger partial charge >= 0.3 is 5.97 Å². The molecule has 0 spiro atoms. The third-order valence-corrected chi connectivity index (χ3v) is 8.69. The number of hydrogen-bond acceptors (Lipinski definition) is 8. The number of esters is 1. The molecule has 198 valence electrons. The van der Waals surface area contributed by atoms with Crippen LogP contribution in [0.5, 0.6) is 5.75 Å². The molecular weight excluding hydrogens is 508 g/mol. The number of fused-ring (bicyclic) bond motifs is 1. The molecule has 1 unspecified atom stereocenters. The van der Waals surface area contributed by atoms with Gasteiger partial charge in [0.2, 0.25) is 5.91 Å². The molecule has 1 amide bonds. The number of nitrogens with zero attached hydrogens (tertiary/aromatic N) is 3. The Labute approximate surface area is 226 Å². The molecule has 0 fully saturated rings. The lowest BCUT2D eigenvalue weighted by molar-refractivity contribution is -0.113. The van der Waals surface area contributed by atoms with Gasteiger partial charge in [-0.15, -0.1) is 21.5 Å². The van der Waals surface area contributed by atoms with Gasteiger partial charge in [-0.1, -0.05) is 51.6 Å². The lowest BCUT2D eigenvalue weighted by atomic mass is 9.87. The van der Waals surface area contributed by atoms with E-state index >= 15 is 0 Å². The topological polar surface area (TPSA) is 95.3 Å². The lowest BCUT2D eigenvalue weighted by Crippen LogP contribution is -2.17. The zero-order valence-electron chi connectivity index (χ0n) is 22.2. The predicted octanol–water partition coefficient (Wildman–Crippen LogP) is 5.40. The number of benzene rings is 1. The molecule has 0 bridgehead atoms. The average Bonchev–Trinajstić information content (AvgIpc) is 3.39. The fourth-order valence-corrected chi connectivity index (χ4v) is 6.39. The minimum Gasteiger partial charge on any atom is -0.486 e. The number of aromatic nitrogens is 3. The number of carbonyl (C=O) groups excluding carboxylic acids is 2. The molecule has 10 heteroatoms. The number of amides is 1. The normalized spacial score (nSPS) is 15.2. The van der Waals surface area contributed by atoms with E-state index in [0.29, 0.717) is 27.5 Å². The van der Waals surface area contributed by atoms with Crippen LogP contribution >= 0.6 is 23.1 Å². The summed E-state index contributed by atoms with van der Waals surface area (Å²) in [4.78, 5) is 26.4. The number of carbonyl (C=O) groups is 2. The van der Waals surface area contributed by atoms with E-state index in [1.165, 1.54) is 35.8 Å². The summed E-state index contributed by atoms with van der Waals surface area (Å²) in [5, 5.41) is 12.6. The monoisotopic (exact) mass is 542 g/mol. The highest BCUT2D eigenvalue weighted by atomic mass is 32.2. The summed E-state index contributed by atoms with van der Waals surface area (Å²) in [5.74, 6) is 1.52. The Morgan fingerprint density at radius 2 is 1.95 bits per heavy atom. The fraction of sp³-hybridized carbons (Fsp3) is 0.481. The van der Waals surface area contributed by atoms with Crippen molar-refractivity contribution in [1.29, 1.82) is 0 Å². The summed E-state index contributed by atoms with van der Waals surface area (Å²) < 4.78 is 12.7. The van der Waals surface area contributed by atoms with Crippen molar-refractivity contribution < 1.29 is 19.1 Å². The van der Waals surface area contributed by atoms with Crippen LogP contribution in [-0.4, -0.2) is 39.5 Å². The molecule has 37 heavy (non-hydrogen) atoms. The van der Waals surface area contributed by atoms with Gasteiger partial charge in [-0.2, -0.15) is 0 Å². The number of thioether (sulfide) groups is 1. The molecule has 3 aromatic rings. The van der Waals surface area contributed by atoms with E-state index in [1.807, 2.05) is 23.7 Å². The molecular formula is C27H34N4O4S2. The lowest BCUT2D eigenvalue weighted by Gasteiger charge is -2.19. The Morgan fingerprint density at radius 1 is 1.22 bits per heavy atom. The molecule has 2 heterocycles. The van der Waals surface area contributed by atoms with Gasteiger partial charge in [-0.3, -0.25) is 4.79 Å². The summed E-state index contributed by atoms with van der Waals surface area (Å²) in [6.07, 6.45) is 2.77. The fourth-order valence-electron chi connectivity index (χ4n) is 4.25. The van der Waals surface area contributed by atoms with Crippen LogP contribution in [0, 0.1) is 5.92 Å². The minimum atomic E-state index is -0.402. The SMILES string of the molecule is COC(=O)c1c(NC(=O)CSc2nnc(COc3ccc(C(C)(C)C)cc3)n2C)sc2c1CCC(C)C2. The molecule has 0 aliphatic heterocycles. The molecule has 8 nitrogen and oxygen atoms in total. The molecule has 2 aromatic heterocycles. The van der Waals surface area contributed by atoms with Crippen LogP contribution in [0.25, 0.3) is 0 Å². The maximum atomic E-state index is 12.8. The van der Waals surface area contributed by atoms with Gasteiger partial charge in [-0.05, 0) is 53.9 Å². The first kappa shape index (κ1) is 27.2. The van der Waals surface area contributed by atoms with Crippen molar-refractivity contribution in [2.75, 3.05) is 18.2 Å². The number of ether oxygens (including phenoxy) is 2. The second-order valence-corrected chi connectivity index (χ2v) is 12.5. The molecule has 0 saturated carbocycles. The van der Waals surface area contributed by atoms with Crippen molar-refractivity contribution in [1.82, 2.24) is 14.8 Å². The summed E-state index contributed by atoms with van der Waals surface area (Å²) in [6, 6.07) is 8.06. The van der Waals surface area contributed by atoms with E-state index in [1.54, 1.807) is 0 Å². The largest absolute Gasteiger partial charge is 0.486 e. The highest BCUT2D eigenvalue weighted by Crippen LogP contribution is 2.40. The molecule has 1 atom stereocenters. The van der Waals surface area contributed by atoms with E-state index in [2.05, 4.69) is 55.3 Å². The number of anilines is 1. The number of methoxy groups -OCH3 is 1. The standard InChI is InChI=1S/C27H34N4O4S2/c1-16-7-12-19-20(13-16)37-24(23(19)25(33)34-6)28-22(32)15-36-26-30-29-21(31(26)5)14-35-18-10-8-17(9-11-18)27(2,3)4/h8-11,16H,7,12-15H2,1-6H3,(H,28,32). The summed E-state index contributed by atoms with van der Waals surface area (Å²) in [5.41, 5.74) is 2.85. The Bertz CT molecular complexity index is 1270. The highest BCUT2D eigenvalue weighted by Gasteiger charge is 2.29. The van der Waals surface area contributed by atoms with E-state index < -0.39 is 5.97 Å². The van der Waals surface area contributed by atoms with Crippen LogP contribution in [0.15, 0.2) is 29.4 Å². The molecule has 1 N–H and O–H groups in total. The Hall–Kier alpha value is -2.85. The van der Waals surface area contributed by atoms with Gasteiger partial charge in [0.05, 0.1) is 18.4 Å². The predicted molar refractivity (Wildman–Crippen MR) is 147 cm³/mol. The number of thiophene rings is 1. The van der Waals surface area contributed by atoms with Crippen LogP contribution in [0.4, 0.5) is 5.00 Å². The molecule has 0 radical (unpaired) electrons. The number of rotatable bonds is 8. The second kappa shape index (κ2) is 11.3. The van der Waals surface area contributed by atoms with Crippen LogP contribution in [0.1, 0.15) is 66.3 Å². The Balaban J connectivity index is 1.35. The Kier molecular flexibility index (Phi) is 8.28. The molecule has 1 aliphatic carbocycles. The third kappa shape index (κ3) is 6.35. The molecule has 4 rings (SSSR count). The maximum Gasteiger partial charge on any atom is 0.341 e. The minimum absolute atomic E-state index is 0.0862. The highest BCUT2D eigenvalue weighted by molar-refractivity contribution is 7.99. The zero-order chi connectivity index (χ0) is 26.7. The molecule has 0 saturated heterocycles. The maximum absolute atomic E-state index is 12.8. The van der Waals surface area contributed by atoms with Gasteiger partial charge < -0.3 is 19.4 Å². The van der Waals surface area contributed by atoms with E-state index in [0.717, 1.165) is 35.5 Å². The van der Waals surface area contributed by atoms with Crippen LogP contribution < -0.4 is 10.1 Å². The van der Waals surface area contributed by atoms with Crippen molar-refractivity contribution in [2.45, 2.75) is 64.1 Å². The molecule has 1 aliphatic rings. The van der Waals surface area contributed by atoms with Crippen LogP contribution in [0.2, 0.25) is 0 Å². The average molecular weight is 543 g/mol. The summed E-state index contributed by atoms with van der Waals surface area (Å²) in [7, 11) is 3.22. The van der Waals surface area contributed by atoms with Crippen molar-refractivity contribution in [3.63, 3.8) is 0 Å². The van der Waals surface area contributed by atoms with E-state index in [9.17, 15) is 9.59 Å². The number of hydrogen-bond donors (Lipinski definition) is 1. The zero-order valence-corrected chi connectivity index (χ0v) is 23.8. The van der Waals surface area contributed by atoms with Crippen LogP contribution in [0.3, 0.4) is 0 Å². The summed E-state index contributed by atoms with van der Waals surface area (Å²) in [6.45, 7) is 9.00. The quantitative estimate of drug-likeness (QED) is 0.301. The van der Waals surface area contributed by atoms with Gasteiger partial charge in [-0.25, -0.2) is 4.79 Å². The number of nitrogens with one attached hydrogen (secondary N) is 1. The Morgan fingerprint density at radius 3 is 2.62 bits per heavy atom. The van der Waals surface area contributed by atoms with Gasteiger partial charge in [0.15, 0.2) is 11.0 Å². The van der Waals surface area contributed by atoms with Gasteiger partial charge in [0, 0.05) is 11.9 Å². The van der Waals surface area contributed by atoms with Crippen molar-refractivity contribution in [2.24, 2.45) is 13.0 Å². The van der Waals surface area contributed by atoms with Crippen molar-refractivity contribution >= 4 is 40.0 Å². The first-order chi connectivity index (χ1) is 17.6. The van der Waals surface area contributed by atoms with Crippen molar-refractivity contribution in [3.8, 4) is 5.75 Å². The first-order valence-corrected chi connectivity index (χ1v) is 14.1. The van der Waals surface area contributed by atoms with Crippen LogP contribution in [-0.2, 0) is 41.4 Å². The first-order valence-electron chi connectivity index (χ1n) is 12.3.